The lowest BCUT2D eigenvalue weighted by Crippen LogP contribution is -2.06. The maximum atomic E-state index is 12.6. The molecule has 1 nitrogen and oxygen atoms in total. The maximum Gasteiger partial charge on any atom is 0.416 e. The lowest BCUT2D eigenvalue weighted by atomic mass is 10.1. The highest BCUT2D eigenvalue weighted by Gasteiger charge is 2.30. The first kappa shape index (κ1) is 16.2. The number of hydrogen-bond donors (Lipinski definition) is 0. The molecule has 2 rings (SSSR count). The monoisotopic (exact) mass is 378 g/mol. The van der Waals surface area contributed by atoms with E-state index in [1.807, 2.05) is 0 Å². The predicted octanol–water partition coefficient (Wildman–Crippen LogP) is 5.83. The van der Waals surface area contributed by atoms with Crippen LogP contribution < -0.4 is 4.74 Å². The number of hydrogen-bond acceptors (Lipinski definition) is 1. The molecular formula is C15H11BrClF3O. The van der Waals surface area contributed by atoms with E-state index in [1.54, 1.807) is 24.3 Å². The quantitative estimate of drug-likeness (QED) is 0.607. The van der Waals surface area contributed by atoms with Gasteiger partial charge in [-0.2, -0.15) is 13.2 Å². The van der Waals surface area contributed by atoms with Crippen molar-refractivity contribution in [3.05, 3.63) is 64.2 Å². The van der Waals surface area contributed by atoms with Gasteiger partial charge in [-0.1, -0.05) is 39.7 Å². The normalized spacial score (nSPS) is 11.5. The van der Waals surface area contributed by atoms with Gasteiger partial charge in [0, 0.05) is 15.9 Å². The van der Waals surface area contributed by atoms with Crippen LogP contribution in [0.5, 0.6) is 5.75 Å². The predicted molar refractivity (Wildman–Crippen MR) is 79.9 cm³/mol. The average Bonchev–Trinajstić information content (AvgIpc) is 2.45. The third-order valence-corrected chi connectivity index (χ3v) is 3.65. The summed E-state index contributed by atoms with van der Waals surface area (Å²) in [5, 5.41) is 1.13. The fourth-order valence-corrected chi connectivity index (χ4v) is 2.42. The summed E-state index contributed by atoms with van der Waals surface area (Å²) < 4.78 is 43.5. The van der Waals surface area contributed by atoms with Crippen LogP contribution in [0, 0.1) is 0 Å². The van der Waals surface area contributed by atoms with Gasteiger partial charge in [0.05, 0.1) is 5.56 Å². The Bertz CT molecular complexity index is 629. The Kier molecular flexibility index (Phi) is 5.17. The maximum absolute atomic E-state index is 12.6. The first-order valence-corrected chi connectivity index (χ1v) is 7.53. The second-order valence-corrected chi connectivity index (χ2v) is 5.37. The Labute approximate surface area is 133 Å². The summed E-state index contributed by atoms with van der Waals surface area (Å²) in [4.78, 5) is 0. The van der Waals surface area contributed by atoms with Gasteiger partial charge in [0.1, 0.15) is 12.4 Å². The van der Waals surface area contributed by atoms with Crippen LogP contribution in [0.3, 0.4) is 0 Å². The fourth-order valence-electron chi connectivity index (χ4n) is 1.79. The molecule has 0 aromatic heterocycles. The van der Waals surface area contributed by atoms with Crippen LogP contribution in [0.15, 0.2) is 42.5 Å². The van der Waals surface area contributed by atoms with Crippen LogP contribution >= 0.6 is 27.5 Å². The Morgan fingerprint density at radius 1 is 1.10 bits per heavy atom. The Morgan fingerprint density at radius 2 is 1.86 bits per heavy atom. The van der Waals surface area contributed by atoms with Crippen molar-refractivity contribution < 1.29 is 17.9 Å². The van der Waals surface area contributed by atoms with Gasteiger partial charge in [-0.15, -0.1) is 0 Å². The molecule has 2 aromatic carbocycles. The van der Waals surface area contributed by atoms with E-state index in [0.29, 0.717) is 21.7 Å². The lowest BCUT2D eigenvalue weighted by Gasteiger charge is -2.12. The summed E-state index contributed by atoms with van der Waals surface area (Å²) in [6.07, 6.45) is -4.35. The molecule has 2 aromatic rings. The molecule has 0 aliphatic rings. The molecule has 21 heavy (non-hydrogen) atoms. The van der Waals surface area contributed by atoms with Crippen LogP contribution in [0.25, 0.3) is 0 Å². The average molecular weight is 380 g/mol. The van der Waals surface area contributed by atoms with Crippen LogP contribution in [-0.4, -0.2) is 0 Å². The minimum absolute atomic E-state index is 0.0611. The molecular weight excluding hydrogens is 369 g/mol. The van der Waals surface area contributed by atoms with Crippen molar-refractivity contribution in [2.24, 2.45) is 0 Å². The highest BCUT2D eigenvalue weighted by molar-refractivity contribution is 9.08. The highest BCUT2D eigenvalue weighted by Crippen LogP contribution is 2.30. The minimum atomic E-state index is -4.35. The van der Waals surface area contributed by atoms with E-state index in [0.717, 1.165) is 17.7 Å². The van der Waals surface area contributed by atoms with Gasteiger partial charge in [-0.3, -0.25) is 0 Å². The number of benzene rings is 2. The van der Waals surface area contributed by atoms with E-state index in [1.165, 1.54) is 6.07 Å². The number of alkyl halides is 4. The highest BCUT2D eigenvalue weighted by atomic mass is 79.9. The smallest absolute Gasteiger partial charge is 0.416 e. The van der Waals surface area contributed by atoms with Crippen molar-refractivity contribution in [3.63, 3.8) is 0 Å². The zero-order valence-electron chi connectivity index (χ0n) is 10.8. The Morgan fingerprint density at radius 3 is 2.52 bits per heavy atom. The summed E-state index contributed by atoms with van der Waals surface area (Å²) in [7, 11) is 0. The van der Waals surface area contributed by atoms with Gasteiger partial charge >= 0.3 is 6.18 Å². The zero-order valence-corrected chi connectivity index (χ0v) is 13.1. The van der Waals surface area contributed by atoms with Gasteiger partial charge in [0.15, 0.2) is 0 Å². The third-order valence-electron chi connectivity index (χ3n) is 2.82. The molecule has 112 valence electrons. The van der Waals surface area contributed by atoms with E-state index in [4.69, 9.17) is 16.3 Å². The van der Waals surface area contributed by atoms with E-state index in [2.05, 4.69) is 15.9 Å². The first-order chi connectivity index (χ1) is 9.90. The van der Waals surface area contributed by atoms with Crippen LogP contribution in [0.1, 0.15) is 16.7 Å². The minimum Gasteiger partial charge on any atom is -0.489 e. The van der Waals surface area contributed by atoms with E-state index in [9.17, 15) is 13.2 Å². The Hall–Kier alpha value is -1.20. The van der Waals surface area contributed by atoms with Crippen LogP contribution in [-0.2, 0) is 18.1 Å². The molecule has 6 heteroatoms. The molecule has 0 bridgehead atoms. The van der Waals surface area contributed by atoms with Gasteiger partial charge in [0.25, 0.3) is 0 Å². The molecule has 0 amide bonds. The molecule has 0 unspecified atom stereocenters. The molecule has 0 aliphatic heterocycles. The molecule has 0 heterocycles. The Balaban J connectivity index is 2.13. The van der Waals surface area contributed by atoms with Gasteiger partial charge in [0.2, 0.25) is 0 Å². The van der Waals surface area contributed by atoms with Crippen molar-refractivity contribution in [2.45, 2.75) is 18.1 Å². The van der Waals surface area contributed by atoms with Crippen LogP contribution in [0.2, 0.25) is 5.02 Å². The molecule has 0 radical (unpaired) electrons. The SMILES string of the molecule is FC(F)(F)c1cccc(COc2ccc(Cl)cc2CBr)c1. The summed E-state index contributed by atoms with van der Waals surface area (Å²) in [6.45, 7) is 0.0611. The second kappa shape index (κ2) is 6.71. The second-order valence-electron chi connectivity index (χ2n) is 4.37. The van der Waals surface area contributed by atoms with Crippen molar-refractivity contribution in [1.82, 2.24) is 0 Å². The summed E-state index contributed by atoms with van der Waals surface area (Å²) >= 11 is 9.20. The summed E-state index contributed by atoms with van der Waals surface area (Å²) in [5.41, 5.74) is 0.621. The molecule has 0 saturated carbocycles. The molecule has 0 saturated heterocycles. The fraction of sp³-hybridized carbons (Fsp3) is 0.200. The number of halogens is 5. The topological polar surface area (TPSA) is 9.23 Å². The lowest BCUT2D eigenvalue weighted by molar-refractivity contribution is -0.137. The number of rotatable bonds is 4. The van der Waals surface area contributed by atoms with Gasteiger partial charge in [-0.05, 0) is 35.9 Å². The molecule has 0 fully saturated rings. The first-order valence-electron chi connectivity index (χ1n) is 6.03. The van der Waals surface area contributed by atoms with Gasteiger partial charge in [-0.25, -0.2) is 0 Å². The van der Waals surface area contributed by atoms with Crippen LogP contribution in [0.4, 0.5) is 13.2 Å². The molecule has 0 aliphatic carbocycles. The number of ether oxygens (including phenoxy) is 1. The van der Waals surface area contributed by atoms with E-state index < -0.39 is 11.7 Å². The summed E-state index contributed by atoms with van der Waals surface area (Å²) in [5.74, 6) is 0.591. The zero-order chi connectivity index (χ0) is 15.5. The van der Waals surface area contributed by atoms with Crippen molar-refractivity contribution in [3.8, 4) is 5.75 Å². The molecule has 0 spiro atoms. The van der Waals surface area contributed by atoms with Crippen molar-refractivity contribution >= 4 is 27.5 Å². The standard InChI is InChI=1S/C15H11BrClF3O/c16-8-11-7-13(17)4-5-14(11)21-9-10-2-1-3-12(6-10)15(18,19)20/h1-7H,8-9H2. The largest absolute Gasteiger partial charge is 0.489 e. The summed E-state index contributed by atoms with van der Waals surface area (Å²) in [6, 6.07) is 10.2. The molecule has 0 N–H and O–H groups in total. The van der Waals surface area contributed by atoms with E-state index in [-0.39, 0.29) is 6.61 Å². The molecule has 0 atom stereocenters. The third kappa shape index (κ3) is 4.38. The van der Waals surface area contributed by atoms with E-state index >= 15 is 0 Å². The van der Waals surface area contributed by atoms with Gasteiger partial charge < -0.3 is 4.74 Å². The van der Waals surface area contributed by atoms with Crippen molar-refractivity contribution in [2.75, 3.05) is 0 Å². The van der Waals surface area contributed by atoms with Crippen molar-refractivity contribution in [1.29, 1.82) is 0 Å².